The molecular formula is C21H19F3N4O2. The van der Waals surface area contributed by atoms with Crippen LogP contribution in [-0.2, 0) is 28.7 Å². The molecule has 0 fully saturated rings. The third-order valence-electron chi connectivity index (χ3n) is 4.35. The molecule has 0 saturated carbocycles. The zero-order valence-corrected chi connectivity index (χ0v) is 16.0. The van der Waals surface area contributed by atoms with Crippen LogP contribution in [0.2, 0.25) is 0 Å². The molecule has 0 bridgehead atoms. The monoisotopic (exact) mass is 416 g/mol. The molecule has 3 aromatic rings. The fourth-order valence-corrected chi connectivity index (χ4v) is 2.84. The number of imidazole rings is 1. The molecule has 2 N–H and O–H groups in total. The number of rotatable bonds is 5. The van der Waals surface area contributed by atoms with Gasteiger partial charge in [0.15, 0.2) is 0 Å². The van der Waals surface area contributed by atoms with Gasteiger partial charge in [0.05, 0.1) is 11.0 Å². The molecule has 0 radical (unpaired) electrons. The molecule has 0 aliphatic heterocycles. The predicted octanol–water partition coefficient (Wildman–Crippen LogP) is 3.48. The first kappa shape index (κ1) is 21.1. The van der Waals surface area contributed by atoms with Crippen molar-refractivity contribution in [3.63, 3.8) is 0 Å². The third kappa shape index (κ3) is 5.05. The predicted molar refractivity (Wildman–Crippen MR) is 106 cm³/mol. The van der Waals surface area contributed by atoms with Gasteiger partial charge in [0, 0.05) is 6.08 Å². The molecule has 0 atom stereocenters. The van der Waals surface area contributed by atoms with Crippen LogP contribution in [-0.4, -0.2) is 21.4 Å². The molecule has 156 valence electrons. The Hall–Kier alpha value is -3.62. The summed E-state index contributed by atoms with van der Waals surface area (Å²) in [5.74, 6) is -2.62. The molecule has 0 unspecified atom stereocenters. The van der Waals surface area contributed by atoms with Gasteiger partial charge in [-0.1, -0.05) is 43.3 Å². The number of carbonyl (C=O) groups excluding carboxylic acids is 2. The molecule has 3 rings (SSSR count). The van der Waals surface area contributed by atoms with E-state index in [0.29, 0.717) is 0 Å². The van der Waals surface area contributed by atoms with E-state index in [0.717, 1.165) is 22.1 Å². The minimum Gasteiger partial charge on any atom is -0.311 e. The lowest BCUT2D eigenvalue weighted by atomic mass is 10.1. The Morgan fingerprint density at radius 3 is 2.43 bits per heavy atom. The molecule has 0 spiro atoms. The minimum atomic E-state index is -4.72. The third-order valence-corrected chi connectivity index (χ3v) is 4.35. The number of halogens is 3. The molecular weight excluding hydrogens is 397 g/mol. The lowest BCUT2D eigenvalue weighted by molar-refractivity contribution is -0.147. The van der Waals surface area contributed by atoms with E-state index in [4.69, 9.17) is 0 Å². The average Bonchev–Trinajstić information content (AvgIpc) is 3.10. The Balaban J connectivity index is 1.63. The van der Waals surface area contributed by atoms with Crippen LogP contribution in [0.4, 0.5) is 13.2 Å². The maximum Gasteiger partial charge on any atom is 0.449 e. The number of aromatic nitrogens is 2. The lowest BCUT2D eigenvalue weighted by Crippen LogP contribution is -2.42. The summed E-state index contributed by atoms with van der Waals surface area (Å²) in [5, 5.41) is 0. The van der Waals surface area contributed by atoms with Crippen molar-refractivity contribution in [1.82, 2.24) is 20.4 Å². The van der Waals surface area contributed by atoms with E-state index >= 15 is 0 Å². The number of nitrogens with one attached hydrogen (secondary N) is 2. The molecule has 9 heteroatoms. The van der Waals surface area contributed by atoms with E-state index in [1.165, 1.54) is 18.2 Å². The van der Waals surface area contributed by atoms with Crippen LogP contribution in [0.25, 0.3) is 17.1 Å². The molecule has 0 aliphatic carbocycles. The van der Waals surface area contributed by atoms with Crippen molar-refractivity contribution < 1.29 is 22.8 Å². The van der Waals surface area contributed by atoms with E-state index in [2.05, 4.69) is 15.8 Å². The van der Waals surface area contributed by atoms with Crippen molar-refractivity contribution in [2.75, 3.05) is 0 Å². The highest BCUT2D eigenvalue weighted by Crippen LogP contribution is 2.31. The van der Waals surface area contributed by atoms with Gasteiger partial charge < -0.3 is 4.57 Å². The van der Waals surface area contributed by atoms with Crippen LogP contribution in [0.3, 0.4) is 0 Å². The summed E-state index contributed by atoms with van der Waals surface area (Å²) in [5.41, 5.74) is 6.52. The smallest absolute Gasteiger partial charge is 0.311 e. The van der Waals surface area contributed by atoms with Gasteiger partial charge in [-0.25, -0.2) is 4.98 Å². The van der Waals surface area contributed by atoms with Crippen LogP contribution >= 0.6 is 0 Å². The molecule has 1 heterocycles. The van der Waals surface area contributed by atoms with Crippen molar-refractivity contribution in [2.45, 2.75) is 26.1 Å². The fourth-order valence-electron chi connectivity index (χ4n) is 2.84. The average molecular weight is 416 g/mol. The van der Waals surface area contributed by atoms with Gasteiger partial charge in [-0.15, -0.1) is 0 Å². The van der Waals surface area contributed by atoms with Crippen LogP contribution in [0.1, 0.15) is 23.9 Å². The van der Waals surface area contributed by atoms with E-state index in [9.17, 15) is 22.8 Å². The second-order valence-electron chi connectivity index (χ2n) is 6.47. The highest BCUT2D eigenvalue weighted by molar-refractivity contribution is 5.93. The molecule has 30 heavy (non-hydrogen) atoms. The van der Waals surface area contributed by atoms with E-state index in [1.54, 1.807) is 18.2 Å². The molecule has 0 aliphatic rings. The van der Waals surface area contributed by atoms with Gasteiger partial charge in [-0.2, -0.15) is 13.2 Å². The summed E-state index contributed by atoms with van der Waals surface area (Å²) >= 11 is 0. The van der Waals surface area contributed by atoms with Crippen molar-refractivity contribution in [3.8, 4) is 0 Å². The molecule has 2 amide bonds. The van der Waals surface area contributed by atoms with E-state index in [-0.39, 0.29) is 11.0 Å². The molecule has 1 aromatic heterocycles. The number of hydrazine groups is 1. The maximum absolute atomic E-state index is 13.3. The summed E-state index contributed by atoms with van der Waals surface area (Å²) in [6.07, 6.45) is -1.04. The Morgan fingerprint density at radius 1 is 1.07 bits per heavy atom. The Morgan fingerprint density at radius 2 is 1.77 bits per heavy atom. The summed E-state index contributed by atoms with van der Waals surface area (Å²) in [7, 11) is 0. The summed E-state index contributed by atoms with van der Waals surface area (Å²) in [4.78, 5) is 27.6. The van der Waals surface area contributed by atoms with Gasteiger partial charge in [0.25, 0.3) is 11.8 Å². The van der Waals surface area contributed by atoms with Crippen molar-refractivity contribution in [2.24, 2.45) is 0 Å². The summed E-state index contributed by atoms with van der Waals surface area (Å²) in [6, 6.07) is 13.6. The van der Waals surface area contributed by atoms with Crippen molar-refractivity contribution >= 4 is 28.9 Å². The number of hydrogen-bond donors (Lipinski definition) is 2. The number of carbonyl (C=O) groups is 2. The van der Waals surface area contributed by atoms with E-state index < -0.39 is 30.4 Å². The lowest BCUT2D eigenvalue weighted by Gasteiger charge is -2.11. The summed E-state index contributed by atoms with van der Waals surface area (Å²) in [6.45, 7) is 1.38. The normalized spacial score (nSPS) is 11.7. The highest BCUT2D eigenvalue weighted by Gasteiger charge is 2.38. The molecule has 6 nitrogen and oxygen atoms in total. The SMILES string of the molecule is CCc1ccc(/C=C/C(=O)NNC(=O)Cn2c(C(F)(F)F)nc3ccccc32)cc1. The van der Waals surface area contributed by atoms with Crippen LogP contribution in [0.5, 0.6) is 0 Å². The highest BCUT2D eigenvalue weighted by atomic mass is 19.4. The first-order valence-electron chi connectivity index (χ1n) is 9.16. The van der Waals surface area contributed by atoms with Crippen LogP contribution < -0.4 is 10.9 Å². The van der Waals surface area contributed by atoms with Gasteiger partial charge in [-0.05, 0) is 35.8 Å². The number of nitrogens with zero attached hydrogens (tertiary/aromatic N) is 2. The van der Waals surface area contributed by atoms with Crippen molar-refractivity contribution in [3.05, 3.63) is 71.6 Å². The molecule has 2 aromatic carbocycles. The number of fused-ring (bicyclic) bond motifs is 1. The number of aryl methyl sites for hydroxylation is 1. The van der Waals surface area contributed by atoms with Crippen LogP contribution in [0, 0.1) is 0 Å². The summed E-state index contributed by atoms with van der Waals surface area (Å²) < 4.78 is 40.6. The van der Waals surface area contributed by atoms with Crippen LogP contribution in [0.15, 0.2) is 54.6 Å². The Bertz CT molecular complexity index is 1090. The Labute approximate surface area is 170 Å². The minimum absolute atomic E-state index is 0.124. The van der Waals surface area contributed by atoms with Gasteiger partial charge >= 0.3 is 6.18 Å². The number of para-hydroxylation sites is 2. The van der Waals surface area contributed by atoms with Gasteiger partial charge in [-0.3, -0.25) is 20.4 Å². The standard InChI is InChI=1S/C21H19F3N4O2/c1-2-14-7-9-15(10-8-14)11-12-18(29)26-27-19(30)13-28-17-6-4-3-5-16(17)25-20(28)21(22,23)24/h3-12H,2,13H2,1H3,(H,26,29)(H,27,30)/b12-11+. The number of hydrogen-bond acceptors (Lipinski definition) is 3. The second kappa shape index (κ2) is 8.81. The first-order valence-corrected chi connectivity index (χ1v) is 9.16. The maximum atomic E-state index is 13.3. The van der Waals surface area contributed by atoms with Gasteiger partial charge in [0.1, 0.15) is 6.54 Å². The number of amides is 2. The van der Waals surface area contributed by atoms with Gasteiger partial charge in [0.2, 0.25) is 5.82 Å². The first-order chi connectivity index (χ1) is 14.3. The van der Waals surface area contributed by atoms with Crippen molar-refractivity contribution in [1.29, 1.82) is 0 Å². The fraction of sp³-hybridized carbons (Fsp3) is 0.190. The zero-order chi connectivity index (χ0) is 21.7. The zero-order valence-electron chi connectivity index (χ0n) is 16.0. The van der Waals surface area contributed by atoms with E-state index in [1.807, 2.05) is 31.2 Å². The second-order valence-corrected chi connectivity index (χ2v) is 6.47. The largest absolute Gasteiger partial charge is 0.449 e. The molecule has 0 saturated heterocycles. The Kier molecular flexibility index (Phi) is 6.20. The topological polar surface area (TPSA) is 76.0 Å². The number of benzene rings is 2. The number of alkyl halides is 3. The quantitative estimate of drug-likeness (QED) is 0.494.